The first-order valence-electron chi connectivity index (χ1n) is 7.27. The van der Waals surface area contributed by atoms with E-state index in [9.17, 15) is 9.59 Å². The van der Waals surface area contributed by atoms with Gasteiger partial charge < -0.3 is 19.5 Å². The number of nitrogens with zero attached hydrogens (tertiary/aromatic N) is 1. The van der Waals surface area contributed by atoms with Crippen molar-refractivity contribution in [2.75, 3.05) is 26.8 Å². The van der Waals surface area contributed by atoms with Crippen LogP contribution in [0.4, 0.5) is 0 Å². The van der Waals surface area contributed by atoms with E-state index in [1.165, 1.54) is 0 Å². The molecule has 22 heavy (non-hydrogen) atoms. The number of rotatable bonds is 5. The van der Waals surface area contributed by atoms with Crippen LogP contribution in [0.15, 0.2) is 24.3 Å². The van der Waals surface area contributed by atoms with Crippen LogP contribution in [0.3, 0.4) is 0 Å². The molecule has 0 unspecified atom stereocenters. The van der Waals surface area contributed by atoms with Crippen molar-refractivity contribution in [3.05, 3.63) is 29.8 Å². The molecule has 0 spiro atoms. The zero-order valence-electron chi connectivity index (χ0n) is 12.8. The summed E-state index contributed by atoms with van der Waals surface area (Å²) in [5.41, 5.74) is 0.909. The van der Waals surface area contributed by atoms with Crippen molar-refractivity contribution in [2.24, 2.45) is 0 Å². The minimum absolute atomic E-state index is 0.0103. The Bertz CT molecular complexity index is 528. The van der Waals surface area contributed by atoms with Gasteiger partial charge in [0.25, 0.3) is 0 Å². The molecule has 0 aliphatic carbocycles. The molecule has 120 valence electrons. The normalized spacial score (nSPS) is 19.5. The van der Waals surface area contributed by atoms with Crippen molar-refractivity contribution in [3.63, 3.8) is 0 Å². The smallest absolute Gasteiger partial charge is 0.306 e. The lowest BCUT2D eigenvalue weighted by atomic mass is 9.99. The van der Waals surface area contributed by atoms with Gasteiger partial charge in [-0.1, -0.05) is 12.1 Å². The third kappa shape index (κ3) is 3.98. The topological polar surface area (TPSA) is 76.1 Å². The number of morpholine rings is 1. The van der Waals surface area contributed by atoms with Crippen LogP contribution in [0, 0.1) is 0 Å². The Kier molecular flexibility index (Phi) is 5.38. The molecule has 1 aliphatic rings. The first kappa shape index (κ1) is 16.3. The van der Waals surface area contributed by atoms with Crippen molar-refractivity contribution < 1.29 is 24.2 Å². The molecule has 1 aliphatic heterocycles. The standard InChI is InChI=1S/C16H21NO5/c1-11(12-3-5-13(21-2)6-4-12)16(20)17-7-8-22-14(10-17)9-15(18)19/h3-6,11,14H,7-10H2,1-2H3,(H,18,19)/t11-,14+/m0/s1. The number of carbonyl (C=O) groups excluding carboxylic acids is 1. The van der Waals surface area contributed by atoms with E-state index < -0.39 is 12.1 Å². The van der Waals surface area contributed by atoms with Crippen LogP contribution in [0.1, 0.15) is 24.8 Å². The van der Waals surface area contributed by atoms with Crippen molar-refractivity contribution in [1.29, 1.82) is 0 Å². The zero-order chi connectivity index (χ0) is 16.1. The molecule has 1 heterocycles. The number of carboxylic acids is 1. The van der Waals surface area contributed by atoms with Gasteiger partial charge in [-0.15, -0.1) is 0 Å². The van der Waals surface area contributed by atoms with E-state index in [1.807, 2.05) is 31.2 Å². The van der Waals surface area contributed by atoms with Gasteiger partial charge in [0.05, 0.1) is 32.2 Å². The quantitative estimate of drug-likeness (QED) is 0.892. The van der Waals surface area contributed by atoms with Crippen LogP contribution in [-0.2, 0) is 14.3 Å². The number of carbonyl (C=O) groups is 2. The Morgan fingerprint density at radius 3 is 2.68 bits per heavy atom. The third-order valence-corrected chi connectivity index (χ3v) is 3.84. The Balaban J connectivity index is 2.01. The lowest BCUT2D eigenvalue weighted by molar-refractivity contribution is -0.148. The van der Waals surface area contributed by atoms with E-state index in [1.54, 1.807) is 12.0 Å². The van der Waals surface area contributed by atoms with Gasteiger partial charge in [-0.25, -0.2) is 0 Å². The number of hydrogen-bond donors (Lipinski definition) is 1. The Labute approximate surface area is 129 Å². The summed E-state index contributed by atoms with van der Waals surface area (Å²) >= 11 is 0. The molecule has 2 rings (SSSR count). The Morgan fingerprint density at radius 1 is 1.41 bits per heavy atom. The van der Waals surface area contributed by atoms with Gasteiger partial charge in [0.15, 0.2) is 0 Å². The van der Waals surface area contributed by atoms with E-state index in [0.29, 0.717) is 19.7 Å². The first-order chi connectivity index (χ1) is 10.5. The van der Waals surface area contributed by atoms with Crippen LogP contribution in [-0.4, -0.2) is 54.8 Å². The highest BCUT2D eigenvalue weighted by molar-refractivity contribution is 5.83. The molecule has 0 aromatic heterocycles. The maximum atomic E-state index is 12.6. The number of aliphatic carboxylic acids is 1. The lowest BCUT2D eigenvalue weighted by Crippen LogP contribution is -2.47. The van der Waals surface area contributed by atoms with Crippen LogP contribution in [0.2, 0.25) is 0 Å². The summed E-state index contributed by atoms with van der Waals surface area (Å²) in [6, 6.07) is 7.39. The largest absolute Gasteiger partial charge is 0.497 e. The van der Waals surface area contributed by atoms with Gasteiger partial charge in [0, 0.05) is 13.1 Å². The minimum Gasteiger partial charge on any atom is -0.497 e. The van der Waals surface area contributed by atoms with Crippen molar-refractivity contribution in [2.45, 2.75) is 25.4 Å². The van der Waals surface area contributed by atoms with Gasteiger partial charge in [0.1, 0.15) is 5.75 Å². The summed E-state index contributed by atoms with van der Waals surface area (Å²) in [5.74, 6) is -0.461. The molecule has 2 atom stereocenters. The fraction of sp³-hybridized carbons (Fsp3) is 0.500. The number of methoxy groups -OCH3 is 1. The van der Waals surface area contributed by atoms with Crippen molar-refractivity contribution in [1.82, 2.24) is 4.90 Å². The fourth-order valence-electron chi connectivity index (χ4n) is 2.55. The van der Waals surface area contributed by atoms with E-state index in [-0.39, 0.29) is 18.2 Å². The minimum atomic E-state index is -0.914. The molecule has 1 saturated heterocycles. The molecular weight excluding hydrogens is 286 g/mol. The van der Waals surface area contributed by atoms with Crippen molar-refractivity contribution >= 4 is 11.9 Å². The maximum absolute atomic E-state index is 12.6. The SMILES string of the molecule is COc1ccc([C@H](C)C(=O)N2CCO[C@H](CC(=O)O)C2)cc1. The van der Waals surface area contributed by atoms with Crippen molar-refractivity contribution in [3.8, 4) is 5.75 Å². The molecule has 1 aromatic rings. The summed E-state index contributed by atoms with van der Waals surface area (Å²) in [7, 11) is 1.60. The predicted molar refractivity (Wildman–Crippen MR) is 80.0 cm³/mol. The average Bonchev–Trinajstić information content (AvgIpc) is 2.53. The number of carboxylic acid groups (broad SMARTS) is 1. The van der Waals surface area contributed by atoms with E-state index >= 15 is 0 Å². The molecule has 0 radical (unpaired) electrons. The Hall–Kier alpha value is -2.08. The summed E-state index contributed by atoms with van der Waals surface area (Å²) in [6.45, 7) is 3.05. The van der Waals surface area contributed by atoms with Gasteiger partial charge in [0.2, 0.25) is 5.91 Å². The summed E-state index contributed by atoms with van der Waals surface area (Å²) in [4.78, 5) is 25.0. The Morgan fingerprint density at radius 2 is 2.09 bits per heavy atom. The second-order valence-electron chi connectivity index (χ2n) is 5.37. The highest BCUT2D eigenvalue weighted by Gasteiger charge is 2.29. The molecule has 1 N–H and O–H groups in total. The molecule has 1 amide bonds. The summed E-state index contributed by atoms with van der Waals surface area (Å²) in [6.07, 6.45) is -0.515. The van der Waals surface area contributed by atoms with E-state index in [2.05, 4.69) is 0 Å². The van der Waals surface area contributed by atoms with Crippen LogP contribution >= 0.6 is 0 Å². The molecule has 0 saturated carbocycles. The lowest BCUT2D eigenvalue weighted by Gasteiger charge is -2.34. The maximum Gasteiger partial charge on any atom is 0.306 e. The summed E-state index contributed by atoms with van der Waals surface area (Å²) < 4.78 is 10.5. The van der Waals surface area contributed by atoms with E-state index in [4.69, 9.17) is 14.6 Å². The van der Waals surface area contributed by atoms with Crippen LogP contribution in [0.25, 0.3) is 0 Å². The van der Waals surface area contributed by atoms with Crippen LogP contribution in [0.5, 0.6) is 5.75 Å². The fourth-order valence-corrected chi connectivity index (χ4v) is 2.55. The van der Waals surface area contributed by atoms with Gasteiger partial charge in [-0.05, 0) is 24.6 Å². The van der Waals surface area contributed by atoms with Gasteiger partial charge in [-0.3, -0.25) is 9.59 Å². The van der Waals surface area contributed by atoms with Crippen LogP contribution < -0.4 is 4.74 Å². The second-order valence-corrected chi connectivity index (χ2v) is 5.37. The van der Waals surface area contributed by atoms with Gasteiger partial charge >= 0.3 is 5.97 Å². The first-order valence-corrected chi connectivity index (χ1v) is 7.27. The molecule has 1 aromatic carbocycles. The number of ether oxygens (including phenoxy) is 2. The predicted octanol–water partition coefficient (Wildman–Crippen LogP) is 1.50. The molecule has 0 bridgehead atoms. The average molecular weight is 307 g/mol. The molecule has 6 nitrogen and oxygen atoms in total. The molecular formula is C16H21NO5. The number of hydrogen-bond acceptors (Lipinski definition) is 4. The molecule has 6 heteroatoms. The highest BCUT2D eigenvalue weighted by Crippen LogP contribution is 2.22. The summed E-state index contributed by atoms with van der Waals surface area (Å²) in [5, 5.41) is 8.83. The number of benzene rings is 1. The second kappa shape index (κ2) is 7.26. The van der Waals surface area contributed by atoms with Gasteiger partial charge in [-0.2, -0.15) is 0 Å². The van der Waals surface area contributed by atoms with E-state index in [0.717, 1.165) is 11.3 Å². The third-order valence-electron chi connectivity index (χ3n) is 3.84. The monoisotopic (exact) mass is 307 g/mol. The highest BCUT2D eigenvalue weighted by atomic mass is 16.5. The molecule has 1 fully saturated rings. The zero-order valence-corrected chi connectivity index (χ0v) is 12.8. The number of amides is 1.